The number of nitrogen functional groups attached to an aromatic ring is 1. The molecule has 0 saturated heterocycles. The molecule has 2 N–H and O–H groups in total. The van der Waals surface area contributed by atoms with E-state index < -0.39 is 0 Å². The van der Waals surface area contributed by atoms with Crippen molar-refractivity contribution in [3.63, 3.8) is 0 Å². The van der Waals surface area contributed by atoms with Gasteiger partial charge in [-0.15, -0.1) is 0 Å². The Hall–Kier alpha value is -1.90. The molecule has 0 radical (unpaired) electrons. The minimum Gasteiger partial charge on any atom is -0.398 e. The number of carbonyl (C=O) groups is 1. The average Bonchev–Trinajstić information content (AvgIpc) is 2.39. The van der Waals surface area contributed by atoms with Crippen molar-refractivity contribution in [3.8, 4) is 0 Å². The first-order valence-corrected chi connectivity index (χ1v) is 6.41. The van der Waals surface area contributed by atoms with Gasteiger partial charge >= 0.3 is 0 Å². The van der Waals surface area contributed by atoms with Gasteiger partial charge in [-0.1, -0.05) is 38.0 Å². The highest BCUT2D eigenvalue weighted by Crippen LogP contribution is 2.21. The third kappa shape index (κ3) is 2.67. The molecule has 1 aromatic carbocycles. The molecule has 0 aliphatic rings. The topological polar surface area (TPSA) is 56.0 Å². The van der Waals surface area contributed by atoms with Crippen LogP contribution in [-0.4, -0.2) is 10.8 Å². The van der Waals surface area contributed by atoms with E-state index in [4.69, 9.17) is 5.73 Å². The second-order valence-electron chi connectivity index (χ2n) is 4.49. The normalized spacial score (nSPS) is 10.7. The van der Waals surface area contributed by atoms with Gasteiger partial charge in [0, 0.05) is 17.5 Å². The molecule has 1 heterocycles. The van der Waals surface area contributed by atoms with Gasteiger partial charge in [0.05, 0.1) is 5.52 Å². The summed E-state index contributed by atoms with van der Waals surface area (Å²) in [7, 11) is 0. The van der Waals surface area contributed by atoms with Crippen LogP contribution in [-0.2, 0) is 0 Å². The van der Waals surface area contributed by atoms with E-state index in [2.05, 4.69) is 11.9 Å². The zero-order valence-electron chi connectivity index (χ0n) is 10.6. The molecule has 94 valence electrons. The Morgan fingerprint density at radius 2 is 2.06 bits per heavy atom. The monoisotopic (exact) mass is 242 g/mol. The van der Waals surface area contributed by atoms with Crippen LogP contribution in [0.3, 0.4) is 0 Å². The molecule has 3 nitrogen and oxygen atoms in total. The molecule has 0 unspecified atom stereocenters. The van der Waals surface area contributed by atoms with Crippen LogP contribution in [0.25, 0.3) is 10.9 Å². The van der Waals surface area contributed by atoms with Crippen molar-refractivity contribution in [2.45, 2.75) is 32.6 Å². The molecule has 0 bridgehead atoms. The maximum atomic E-state index is 12.0. The standard InChI is InChI=1S/C15H18N2O/c1-2-3-4-9-15(18)14-10-12(16)11-7-5-6-8-13(11)17-14/h5-8,10H,2-4,9H2,1H3,(H2,16,17). The van der Waals surface area contributed by atoms with Crippen molar-refractivity contribution in [3.05, 3.63) is 36.0 Å². The van der Waals surface area contributed by atoms with Gasteiger partial charge in [0.25, 0.3) is 0 Å². The van der Waals surface area contributed by atoms with Crippen LogP contribution in [0.2, 0.25) is 0 Å². The van der Waals surface area contributed by atoms with Crippen molar-refractivity contribution >= 4 is 22.4 Å². The fourth-order valence-electron chi connectivity index (χ4n) is 2.01. The third-order valence-electron chi connectivity index (χ3n) is 3.04. The zero-order valence-corrected chi connectivity index (χ0v) is 10.6. The maximum absolute atomic E-state index is 12.0. The van der Waals surface area contributed by atoms with E-state index in [1.807, 2.05) is 24.3 Å². The number of hydrogen-bond donors (Lipinski definition) is 1. The summed E-state index contributed by atoms with van der Waals surface area (Å²) in [5.41, 5.74) is 7.86. The van der Waals surface area contributed by atoms with Gasteiger partial charge < -0.3 is 5.73 Å². The molecule has 0 aliphatic heterocycles. The highest BCUT2D eigenvalue weighted by atomic mass is 16.1. The van der Waals surface area contributed by atoms with Crippen LogP contribution in [0, 0.1) is 0 Å². The second-order valence-corrected chi connectivity index (χ2v) is 4.49. The van der Waals surface area contributed by atoms with E-state index in [0.29, 0.717) is 17.8 Å². The number of anilines is 1. The zero-order chi connectivity index (χ0) is 13.0. The Bertz CT molecular complexity index is 563. The second kappa shape index (κ2) is 5.63. The fraction of sp³-hybridized carbons (Fsp3) is 0.333. The summed E-state index contributed by atoms with van der Waals surface area (Å²) in [5.74, 6) is 0.0842. The number of pyridine rings is 1. The number of Topliss-reactive ketones (excluding diaryl/α,β-unsaturated/α-hetero) is 1. The van der Waals surface area contributed by atoms with Crippen LogP contribution in [0.1, 0.15) is 43.1 Å². The highest BCUT2D eigenvalue weighted by Gasteiger charge is 2.10. The van der Waals surface area contributed by atoms with Crippen LogP contribution in [0.5, 0.6) is 0 Å². The minimum absolute atomic E-state index is 0.0842. The number of ketones is 1. The number of nitrogens with two attached hydrogens (primary N) is 1. The molecule has 18 heavy (non-hydrogen) atoms. The fourth-order valence-corrected chi connectivity index (χ4v) is 2.01. The van der Waals surface area contributed by atoms with Gasteiger partial charge in [0.2, 0.25) is 0 Å². The number of rotatable bonds is 5. The average molecular weight is 242 g/mol. The third-order valence-corrected chi connectivity index (χ3v) is 3.04. The number of benzene rings is 1. The summed E-state index contributed by atoms with van der Waals surface area (Å²) < 4.78 is 0. The van der Waals surface area contributed by atoms with Crippen LogP contribution >= 0.6 is 0 Å². The van der Waals surface area contributed by atoms with E-state index >= 15 is 0 Å². The molecule has 0 atom stereocenters. The number of fused-ring (bicyclic) bond motifs is 1. The van der Waals surface area contributed by atoms with Crippen molar-refractivity contribution in [1.29, 1.82) is 0 Å². The van der Waals surface area contributed by atoms with Crippen molar-refractivity contribution in [2.75, 3.05) is 5.73 Å². The van der Waals surface area contributed by atoms with Gasteiger partial charge in [-0.25, -0.2) is 4.98 Å². The van der Waals surface area contributed by atoms with Crippen molar-refractivity contribution in [1.82, 2.24) is 4.98 Å². The Balaban J connectivity index is 2.26. The van der Waals surface area contributed by atoms with Gasteiger partial charge in [-0.2, -0.15) is 0 Å². The molecule has 2 rings (SSSR count). The molecule has 0 spiro atoms. The van der Waals surface area contributed by atoms with Crippen LogP contribution in [0.4, 0.5) is 5.69 Å². The van der Waals surface area contributed by atoms with Gasteiger partial charge in [0.15, 0.2) is 5.78 Å². The lowest BCUT2D eigenvalue weighted by Gasteiger charge is -2.05. The van der Waals surface area contributed by atoms with Crippen LogP contribution in [0.15, 0.2) is 30.3 Å². The Kier molecular flexibility index (Phi) is 3.92. The number of unbranched alkanes of at least 4 members (excludes halogenated alkanes) is 2. The van der Waals surface area contributed by atoms with Crippen LogP contribution < -0.4 is 5.73 Å². The predicted octanol–water partition coefficient (Wildman–Crippen LogP) is 3.58. The first kappa shape index (κ1) is 12.6. The highest BCUT2D eigenvalue weighted by molar-refractivity contribution is 6.00. The summed E-state index contributed by atoms with van der Waals surface area (Å²) in [4.78, 5) is 16.4. The number of carbonyl (C=O) groups excluding carboxylic acids is 1. The van der Waals surface area contributed by atoms with E-state index in [1.165, 1.54) is 0 Å². The Labute approximate surface area is 107 Å². The van der Waals surface area contributed by atoms with Gasteiger partial charge in [0.1, 0.15) is 5.69 Å². The molecule has 3 heteroatoms. The summed E-state index contributed by atoms with van der Waals surface area (Å²) in [6.07, 6.45) is 3.66. The number of nitrogens with zero attached hydrogens (tertiary/aromatic N) is 1. The molecule has 2 aromatic rings. The summed E-state index contributed by atoms with van der Waals surface area (Å²) in [6, 6.07) is 9.32. The van der Waals surface area contributed by atoms with Crippen molar-refractivity contribution < 1.29 is 4.79 Å². The molecule has 0 fully saturated rings. The number of para-hydroxylation sites is 1. The lowest BCUT2D eigenvalue weighted by Crippen LogP contribution is -2.04. The van der Waals surface area contributed by atoms with E-state index in [9.17, 15) is 4.79 Å². The van der Waals surface area contributed by atoms with E-state index in [-0.39, 0.29) is 5.78 Å². The molecule has 0 aliphatic carbocycles. The molecular weight excluding hydrogens is 224 g/mol. The lowest BCUT2D eigenvalue weighted by molar-refractivity contribution is 0.0975. The molecule has 0 saturated carbocycles. The van der Waals surface area contributed by atoms with E-state index in [1.54, 1.807) is 6.07 Å². The molecule has 1 aromatic heterocycles. The smallest absolute Gasteiger partial charge is 0.181 e. The summed E-state index contributed by atoms with van der Waals surface area (Å²) in [6.45, 7) is 2.12. The first-order chi connectivity index (χ1) is 8.72. The largest absolute Gasteiger partial charge is 0.398 e. The first-order valence-electron chi connectivity index (χ1n) is 6.41. The quantitative estimate of drug-likeness (QED) is 0.644. The lowest BCUT2D eigenvalue weighted by atomic mass is 10.1. The summed E-state index contributed by atoms with van der Waals surface area (Å²) in [5, 5.41) is 0.905. The molecular formula is C15H18N2O. The maximum Gasteiger partial charge on any atom is 0.181 e. The SMILES string of the molecule is CCCCCC(=O)c1cc(N)c2ccccc2n1. The van der Waals surface area contributed by atoms with E-state index in [0.717, 1.165) is 30.2 Å². The predicted molar refractivity (Wildman–Crippen MR) is 74.6 cm³/mol. The number of hydrogen-bond acceptors (Lipinski definition) is 3. The van der Waals surface area contributed by atoms with Gasteiger partial charge in [-0.3, -0.25) is 4.79 Å². The Morgan fingerprint density at radius 1 is 1.28 bits per heavy atom. The summed E-state index contributed by atoms with van der Waals surface area (Å²) >= 11 is 0. The number of aromatic nitrogens is 1. The minimum atomic E-state index is 0.0842. The Morgan fingerprint density at radius 3 is 2.83 bits per heavy atom. The van der Waals surface area contributed by atoms with Crippen molar-refractivity contribution in [2.24, 2.45) is 0 Å². The van der Waals surface area contributed by atoms with Gasteiger partial charge in [-0.05, 0) is 18.6 Å². The molecule has 0 amide bonds.